The van der Waals surface area contributed by atoms with Gasteiger partial charge < -0.3 is 15.4 Å². The zero-order valence-electron chi connectivity index (χ0n) is 16.4. The summed E-state index contributed by atoms with van der Waals surface area (Å²) in [6, 6.07) is 16.9. The average molecular weight is 367 g/mol. The van der Waals surface area contributed by atoms with Crippen molar-refractivity contribution in [1.29, 1.82) is 0 Å². The van der Waals surface area contributed by atoms with E-state index in [4.69, 9.17) is 4.74 Å². The highest BCUT2D eigenvalue weighted by Gasteiger charge is 2.15. The first-order chi connectivity index (χ1) is 13.3. The molecule has 27 heavy (non-hydrogen) atoms. The highest BCUT2D eigenvalue weighted by atomic mass is 16.5. The topological polar surface area (TPSA) is 48.9 Å². The van der Waals surface area contributed by atoms with Gasteiger partial charge in [-0.3, -0.25) is 9.89 Å². The van der Waals surface area contributed by atoms with Gasteiger partial charge in [0.2, 0.25) is 0 Å². The lowest BCUT2D eigenvalue weighted by molar-refractivity contribution is 0.258. The number of nitrogens with zero attached hydrogens (tertiary/aromatic N) is 2. The lowest BCUT2D eigenvalue weighted by atomic mass is 10.00. The predicted molar refractivity (Wildman–Crippen MR) is 111 cm³/mol. The molecule has 0 saturated carbocycles. The van der Waals surface area contributed by atoms with Gasteiger partial charge >= 0.3 is 0 Å². The van der Waals surface area contributed by atoms with Crippen molar-refractivity contribution in [3.63, 3.8) is 0 Å². The number of hydrogen-bond acceptors (Lipinski definition) is 3. The standard InChI is InChI=1S/C22H30N4O/c1-3-27-21-11-7-6-9-19(21)16-25-22(23-2)24-13-15-26-14-12-18-8-4-5-10-20(18)17-26/h4-11H,3,12-17H2,1-2H3,(H2,23,24,25). The van der Waals surface area contributed by atoms with Crippen molar-refractivity contribution < 1.29 is 4.74 Å². The van der Waals surface area contributed by atoms with Crippen molar-refractivity contribution in [2.24, 2.45) is 4.99 Å². The predicted octanol–water partition coefficient (Wildman–Crippen LogP) is 2.81. The SMILES string of the molecule is CCOc1ccccc1CNC(=NC)NCCN1CCc2ccccc2C1. The number of nitrogens with one attached hydrogen (secondary N) is 2. The summed E-state index contributed by atoms with van der Waals surface area (Å²) in [4.78, 5) is 6.83. The fourth-order valence-corrected chi connectivity index (χ4v) is 3.42. The molecule has 0 saturated heterocycles. The molecule has 0 aromatic heterocycles. The van der Waals surface area contributed by atoms with Crippen LogP contribution in [0.3, 0.4) is 0 Å². The van der Waals surface area contributed by atoms with Crippen molar-refractivity contribution in [1.82, 2.24) is 15.5 Å². The Balaban J connectivity index is 1.44. The first-order valence-electron chi connectivity index (χ1n) is 9.74. The van der Waals surface area contributed by atoms with Gasteiger partial charge in [-0.05, 0) is 30.5 Å². The largest absolute Gasteiger partial charge is 0.494 e. The maximum absolute atomic E-state index is 5.69. The molecule has 0 radical (unpaired) electrons. The van der Waals surface area contributed by atoms with Gasteiger partial charge in [-0.2, -0.15) is 0 Å². The molecule has 1 aliphatic rings. The first kappa shape index (κ1) is 19.2. The molecule has 0 aliphatic carbocycles. The second kappa shape index (κ2) is 9.97. The molecule has 5 heteroatoms. The van der Waals surface area contributed by atoms with E-state index in [1.165, 1.54) is 11.1 Å². The second-order valence-electron chi connectivity index (χ2n) is 6.69. The molecule has 0 amide bonds. The number of aliphatic imine (C=N–C) groups is 1. The maximum atomic E-state index is 5.69. The van der Waals surface area contributed by atoms with Crippen molar-refractivity contribution >= 4 is 5.96 Å². The number of hydrogen-bond donors (Lipinski definition) is 2. The molecule has 0 unspecified atom stereocenters. The fourth-order valence-electron chi connectivity index (χ4n) is 3.42. The van der Waals surface area contributed by atoms with Crippen LogP contribution >= 0.6 is 0 Å². The Hall–Kier alpha value is -2.53. The van der Waals surface area contributed by atoms with Gasteiger partial charge in [0.25, 0.3) is 0 Å². The highest BCUT2D eigenvalue weighted by molar-refractivity contribution is 5.79. The van der Waals surface area contributed by atoms with E-state index in [9.17, 15) is 0 Å². The lowest BCUT2D eigenvalue weighted by Gasteiger charge is -2.28. The Labute approximate surface area is 162 Å². The minimum absolute atomic E-state index is 0.670. The molecule has 0 spiro atoms. The highest BCUT2D eigenvalue weighted by Crippen LogP contribution is 2.18. The summed E-state index contributed by atoms with van der Waals surface area (Å²) in [7, 11) is 1.81. The van der Waals surface area contributed by atoms with Gasteiger partial charge in [0.1, 0.15) is 5.75 Å². The Morgan fingerprint density at radius 2 is 1.85 bits per heavy atom. The molecule has 144 valence electrons. The normalized spacial score (nSPS) is 14.5. The summed E-state index contributed by atoms with van der Waals surface area (Å²) in [6.45, 7) is 7.39. The van der Waals surface area contributed by atoms with E-state index in [0.29, 0.717) is 13.2 Å². The Kier molecular flexibility index (Phi) is 7.11. The number of guanidine groups is 1. The summed E-state index contributed by atoms with van der Waals surface area (Å²) in [5.74, 6) is 1.74. The fraction of sp³-hybridized carbons (Fsp3) is 0.409. The van der Waals surface area contributed by atoms with Crippen molar-refractivity contribution in [3.8, 4) is 5.75 Å². The van der Waals surface area contributed by atoms with E-state index >= 15 is 0 Å². The van der Waals surface area contributed by atoms with Crippen molar-refractivity contribution in [2.45, 2.75) is 26.4 Å². The van der Waals surface area contributed by atoms with Crippen LogP contribution in [0.25, 0.3) is 0 Å². The Morgan fingerprint density at radius 1 is 1.07 bits per heavy atom. The van der Waals surface area contributed by atoms with E-state index in [0.717, 1.165) is 49.9 Å². The van der Waals surface area contributed by atoms with Gasteiger partial charge in [0.05, 0.1) is 6.61 Å². The van der Waals surface area contributed by atoms with Crippen LogP contribution in [0.4, 0.5) is 0 Å². The van der Waals surface area contributed by atoms with Crippen LogP contribution in [0, 0.1) is 0 Å². The smallest absolute Gasteiger partial charge is 0.191 e. The number of para-hydroxylation sites is 1. The summed E-state index contributed by atoms with van der Waals surface area (Å²) >= 11 is 0. The van der Waals surface area contributed by atoms with E-state index < -0.39 is 0 Å². The summed E-state index contributed by atoms with van der Waals surface area (Å²) < 4.78 is 5.69. The van der Waals surface area contributed by atoms with Gasteiger partial charge in [0, 0.05) is 45.3 Å². The van der Waals surface area contributed by atoms with Crippen LogP contribution in [0.2, 0.25) is 0 Å². The summed E-state index contributed by atoms with van der Waals surface area (Å²) in [5.41, 5.74) is 4.08. The van der Waals surface area contributed by atoms with Gasteiger partial charge in [-0.1, -0.05) is 42.5 Å². The van der Waals surface area contributed by atoms with E-state index in [-0.39, 0.29) is 0 Å². The van der Waals surface area contributed by atoms with Crippen molar-refractivity contribution in [3.05, 3.63) is 65.2 Å². The minimum atomic E-state index is 0.670. The van der Waals surface area contributed by atoms with E-state index in [2.05, 4.69) is 50.9 Å². The maximum Gasteiger partial charge on any atom is 0.191 e. The summed E-state index contributed by atoms with van der Waals surface area (Å²) in [5, 5.41) is 6.80. The average Bonchev–Trinajstić information content (AvgIpc) is 2.71. The second-order valence-corrected chi connectivity index (χ2v) is 6.69. The molecular formula is C22H30N4O. The molecule has 2 aromatic rings. The lowest BCUT2D eigenvalue weighted by Crippen LogP contribution is -2.42. The van der Waals surface area contributed by atoms with Gasteiger partial charge in [0.15, 0.2) is 5.96 Å². The monoisotopic (exact) mass is 366 g/mol. The van der Waals surface area contributed by atoms with Crippen molar-refractivity contribution in [2.75, 3.05) is 33.3 Å². The number of fused-ring (bicyclic) bond motifs is 1. The number of ether oxygens (including phenoxy) is 1. The van der Waals surface area contributed by atoms with Crippen LogP contribution in [-0.2, 0) is 19.5 Å². The third-order valence-corrected chi connectivity index (χ3v) is 4.87. The van der Waals surface area contributed by atoms with Gasteiger partial charge in [-0.25, -0.2) is 0 Å². The number of benzene rings is 2. The molecule has 2 aromatic carbocycles. The zero-order valence-corrected chi connectivity index (χ0v) is 16.4. The Morgan fingerprint density at radius 3 is 2.67 bits per heavy atom. The third kappa shape index (κ3) is 5.47. The van der Waals surface area contributed by atoms with Crippen LogP contribution < -0.4 is 15.4 Å². The van der Waals surface area contributed by atoms with Crippen LogP contribution in [0.5, 0.6) is 5.75 Å². The number of rotatable bonds is 7. The van der Waals surface area contributed by atoms with Crippen LogP contribution in [0.15, 0.2) is 53.5 Å². The molecule has 2 N–H and O–H groups in total. The Bertz CT molecular complexity index is 759. The van der Waals surface area contributed by atoms with E-state index in [1.54, 1.807) is 7.05 Å². The molecule has 1 heterocycles. The molecule has 5 nitrogen and oxygen atoms in total. The molecule has 3 rings (SSSR count). The third-order valence-electron chi connectivity index (χ3n) is 4.87. The minimum Gasteiger partial charge on any atom is -0.494 e. The summed E-state index contributed by atoms with van der Waals surface area (Å²) in [6.07, 6.45) is 1.14. The molecular weight excluding hydrogens is 336 g/mol. The zero-order chi connectivity index (χ0) is 18.9. The molecule has 0 atom stereocenters. The van der Waals surface area contributed by atoms with Gasteiger partial charge in [-0.15, -0.1) is 0 Å². The molecule has 0 fully saturated rings. The molecule has 0 bridgehead atoms. The first-order valence-corrected chi connectivity index (χ1v) is 9.74. The quantitative estimate of drug-likeness (QED) is 0.584. The van der Waals surface area contributed by atoms with E-state index in [1.807, 2.05) is 25.1 Å². The van der Waals surface area contributed by atoms with Crippen LogP contribution in [-0.4, -0.2) is 44.1 Å². The van der Waals surface area contributed by atoms with Crippen LogP contribution in [0.1, 0.15) is 23.6 Å². The molecule has 1 aliphatic heterocycles.